The van der Waals surface area contributed by atoms with Crippen LogP contribution < -0.4 is 5.43 Å². The van der Waals surface area contributed by atoms with Gasteiger partial charge in [0, 0.05) is 10.4 Å². The Balaban J connectivity index is 1.75. The summed E-state index contributed by atoms with van der Waals surface area (Å²) >= 11 is 1.61. The van der Waals surface area contributed by atoms with Gasteiger partial charge in [0.1, 0.15) is 0 Å². The van der Waals surface area contributed by atoms with E-state index in [2.05, 4.69) is 53.6 Å². The molecule has 0 spiro atoms. The van der Waals surface area contributed by atoms with Crippen LogP contribution in [0, 0.1) is 13.8 Å². The lowest BCUT2D eigenvalue weighted by molar-refractivity contribution is 1.28. The number of nitrogens with one attached hydrogen (secondary N) is 1. The van der Waals surface area contributed by atoms with E-state index in [9.17, 15) is 0 Å². The first kappa shape index (κ1) is 14.5. The van der Waals surface area contributed by atoms with E-state index in [1.807, 2.05) is 30.3 Å². The van der Waals surface area contributed by atoms with Crippen molar-refractivity contribution in [2.24, 2.45) is 5.10 Å². The summed E-state index contributed by atoms with van der Waals surface area (Å²) in [5, 5.41) is 5.05. The molecule has 0 saturated carbocycles. The fourth-order valence-corrected chi connectivity index (χ4v) is 2.91. The summed E-state index contributed by atoms with van der Waals surface area (Å²) in [6.45, 7) is 4.17. The summed E-state index contributed by atoms with van der Waals surface area (Å²) < 4.78 is 0. The zero-order valence-electron chi connectivity index (χ0n) is 12.6. The highest BCUT2D eigenvalue weighted by Crippen LogP contribution is 2.30. The molecule has 2 aromatic carbocycles. The number of hydrazone groups is 1. The highest BCUT2D eigenvalue weighted by molar-refractivity contribution is 7.15. The lowest BCUT2D eigenvalue weighted by Crippen LogP contribution is -1.90. The maximum atomic E-state index is 4.63. The average Bonchev–Trinajstić information content (AvgIpc) is 2.90. The second kappa shape index (κ2) is 6.54. The fourth-order valence-electron chi connectivity index (χ4n) is 2.12. The molecule has 0 atom stereocenters. The minimum absolute atomic E-state index is 0.806. The van der Waals surface area contributed by atoms with E-state index in [0.29, 0.717) is 0 Å². The van der Waals surface area contributed by atoms with Gasteiger partial charge >= 0.3 is 0 Å². The van der Waals surface area contributed by atoms with Crippen LogP contribution >= 0.6 is 11.3 Å². The summed E-state index contributed by atoms with van der Waals surface area (Å²) in [5.74, 6) is 0. The third-order valence-electron chi connectivity index (χ3n) is 3.29. The normalized spacial score (nSPS) is 11.0. The third-order valence-corrected chi connectivity index (χ3v) is 4.17. The van der Waals surface area contributed by atoms with Crippen molar-refractivity contribution >= 4 is 22.7 Å². The van der Waals surface area contributed by atoms with Gasteiger partial charge in [0.15, 0.2) is 0 Å². The monoisotopic (exact) mass is 307 g/mol. The predicted molar refractivity (Wildman–Crippen MR) is 94.7 cm³/mol. The Labute approximate surface area is 134 Å². The summed E-state index contributed by atoms with van der Waals surface area (Å²) in [4.78, 5) is 5.82. The predicted octanol–water partition coefficient (Wildman–Crippen LogP) is 4.87. The zero-order chi connectivity index (χ0) is 15.4. The van der Waals surface area contributed by atoms with Crippen molar-refractivity contribution in [3.63, 3.8) is 0 Å². The topological polar surface area (TPSA) is 37.3 Å². The first-order valence-corrected chi connectivity index (χ1v) is 7.92. The minimum atomic E-state index is 0.806. The number of nitrogens with zero attached hydrogens (tertiary/aromatic N) is 2. The van der Waals surface area contributed by atoms with Crippen LogP contribution in [0.25, 0.3) is 11.3 Å². The van der Waals surface area contributed by atoms with Crippen molar-refractivity contribution in [1.29, 1.82) is 0 Å². The van der Waals surface area contributed by atoms with Crippen molar-refractivity contribution < 1.29 is 0 Å². The van der Waals surface area contributed by atoms with Gasteiger partial charge in [0.2, 0.25) is 5.13 Å². The quantitative estimate of drug-likeness (QED) is 0.551. The molecule has 1 heterocycles. The van der Waals surface area contributed by atoms with Gasteiger partial charge in [0.25, 0.3) is 0 Å². The fraction of sp³-hybridized carbons (Fsp3) is 0.111. The number of aryl methyl sites for hydroxylation is 2. The van der Waals surface area contributed by atoms with Gasteiger partial charge < -0.3 is 0 Å². The van der Waals surface area contributed by atoms with E-state index in [-0.39, 0.29) is 0 Å². The largest absolute Gasteiger partial charge is 0.253 e. The van der Waals surface area contributed by atoms with Crippen molar-refractivity contribution in [3.05, 3.63) is 70.6 Å². The molecule has 0 amide bonds. The van der Waals surface area contributed by atoms with E-state index in [1.54, 1.807) is 17.6 Å². The summed E-state index contributed by atoms with van der Waals surface area (Å²) in [7, 11) is 0. The Bertz CT molecular complexity index is 774. The maximum Gasteiger partial charge on any atom is 0.204 e. The molecule has 0 aliphatic rings. The first-order valence-electron chi connectivity index (χ1n) is 7.11. The lowest BCUT2D eigenvalue weighted by atomic mass is 10.1. The molecule has 0 aliphatic carbocycles. The van der Waals surface area contributed by atoms with Crippen molar-refractivity contribution in [1.82, 2.24) is 4.98 Å². The average molecular weight is 307 g/mol. The van der Waals surface area contributed by atoms with Crippen LogP contribution in [0.1, 0.15) is 16.0 Å². The number of hydrogen-bond donors (Lipinski definition) is 1. The smallest absolute Gasteiger partial charge is 0.204 e. The van der Waals surface area contributed by atoms with Crippen LogP contribution in [-0.2, 0) is 0 Å². The van der Waals surface area contributed by atoms with Crippen molar-refractivity contribution in [2.45, 2.75) is 13.8 Å². The lowest BCUT2D eigenvalue weighted by Gasteiger charge is -1.99. The molecule has 4 heteroatoms. The van der Waals surface area contributed by atoms with Crippen LogP contribution in [0.15, 0.2) is 59.7 Å². The number of hydrogen-bond acceptors (Lipinski definition) is 4. The van der Waals surface area contributed by atoms with Crippen molar-refractivity contribution in [2.75, 3.05) is 5.43 Å². The number of thiazole rings is 1. The molecule has 0 saturated heterocycles. The minimum Gasteiger partial charge on any atom is -0.253 e. The van der Waals surface area contributed by atoms with E-state index in [4.69, 9.17) is 0 Å². The summed E-state index contributed by atoms with van der Waals surface area (Å²) in [6, 6.07) is 18.4. The van der Waals surface area contributed by atoms with Crippen LogP contribution in [0.3, 0.4) is 0 Å². The Morgan fingerprint density at radius 2 is 1.73 bits per heavy atom. The SMILES string of the molecule is Cc1ccc(-c2nc(N/N=C/c3ccccc3)sc2C)cc1. The molecule has 22 heavy (non-hydrogen) atoms. The molecule has 0 bridgehead atoms. The molecule has 0 radical (unpaired) electrons. The van der Waals surface area contributed by atoms with Gasteiger partial charge in [-0.25, -0.2) is 4.98 Å². The van der Waals surface area contributed by atoms with Gasteiger partial charge in [-0.15, -0.1) is 11.3 Å². The molecule has 0 fully saturated rings. The summed E-state index contributed by atoms with van der Waals surface area (Å²) in [5.41, 5.74) is 7.48. The van der Waals surface area contributed by atoms with E-state index in [1.165, 1.54) is 10.4 Å². The number of anilines is 1. The molecule has 110 valence electrons. The number of rotatable bonds is 4. The molecule has 3 rings (SSSR count). The van der Waals surface area contributed by atoms with Crippen LogP contribution in [0.2, 0.25) is 0 Å². The first-order chi connectivity index (χ1) is 10.7. The number of benzene rings is 2. The highest BCUT2D eigenvalue weighted by atomic mass is 32.1. The van der Waals surface area contributed by atoms with Gasteiger partial charge in [0.05, 0.1) is 11.9 Å². The van der Waals surface area contributed by atoms with Crippen LogP contribution in [0.4, 0.5) is 5.13 Å². The number of aromatic nitrogens is 1. The molecule has 3 aromatic rings. The highest BCUT2D eigenvalue weighted by Gasteiger charge is 2.09. The Morgan fingerprint density at radius 3 is 2.45 bits per heavy atom. The molecule has 1 N–H and O–H groups in total. The van der Waals surface area contributed by atoms with Gasteiger partial charge in [-0.1, -0.05) is 60.2 Å². The van der Waals surface area contributed by atoms with Gasteiger partial charge in [-0.3, -0.25) is 5.43 Å². The molecule has 1 aromatic heterocycles. The summed E-state index contributed by atoms with van der Waals surface area (Å²) in [6.07, 6.45) is 1.79. The van der Waals surface area contributed by atoms with E-state index >= 15 is 0 Å². The van der Waals surface area contributed by atoms with E-state index < -0.39 is 0 Å². The molecular formula is C18H17N3S. The second-order valence-corrected chi connectivity index (χ2v) is 6.27. The van der Waals surface area contributed by atoms with Crippen LogP contribution in [-0.4, -0.2) is 11.2 Å². The van der Waals surface area contributed by atoms with Gasteiger partial charge in [-0.05, 0) is 19.4 Å². The maximum absolute atomic E-state index is 4.63. The molecule has 0 aliphatic heterocycles. The molecule has 3 nitrogen and oxygen atoms in total. The standard InChI is InChI=1S/C18H17N3S/c1-13-8-10-16(11-9-13)17-14(2)22-18(20-17)21-19-12-15-6-4-3-5-7-15/h3-12H,1-2H3,(H,20,21)/b19-12+. The molecule has 0 unspecified atom stereocenters. The third kappa shape index (κ3) is 3.40. The van der Waals surface area contributed by atoms with Crippen molar-refractivity contribution in [3.8, 4) is 11.3 Å². The Hall–Kier alpha value is -2.46. The Kier molecular flexibility index (Phi) is 4.30. The zero-order valence-corrected chi connectivity index (χ0v) is 13.4. The second-order valence-electron chi connectivity index (χ2n) is 5.07. The molecular weight excluding hydrogens is 290 g/mol. The van der Waals surface area contributed by atoms with Gasteiger partial charge in [-0.2, -0.15) is 5.10 Å². The van der Waals surface area contributed by atoms with E-state index in [0.717, 1.165) is 22.0 Å². The van der Waals surface area contributed by atoms with Crippen LogP contribution in [0.5, 0.6) is 0 Å². The Morgan fingerprint density at radius 1 is 1.00 bits per heavy atom.